The summed E-state index contributed by atoms with van der Waals surface area (Å²) in [7, 11) is 0. The molecule has 4 nitrogen and oxygen atoms in total. The zero-order valence-electron chi connectivity index (χ0n) is 21.2. The lowest BCUT2D eigenvalue weighted by molar-refractivity contribution is 0.235. The maximum Gasteiger partial charge on any atom is 0.152 e. The second-order valence-electron chi connectivity index (χ2n) is 9.95. The average Bonchev–Trinajstić information content (AvgIpc) is 3.36. The number of nitrogens with zero attached hydrogens (tertiary/aromatic N) is 3. The van der Waals surface area contributed by atoms with Gasteiger partial charge in [0.05, 0.1) is 10.7 Å². The highest BCUT2D eigenvalue weighted by molar-refractivity contribution is 6.35. The third-order valence-electron chi connectivity index (χ3n) is 6.57. The van der Waals surface area contributed by atoms with Crippen molar-refractivity contribution in [2.24, 2.45) is 5.92 Å². The molecule has 0 saturated heterocycles. The minimum Gasteiger partial charge on any atom is -0.360 e. The summed E-state index contributed by atoms with van der Waals surface area (Å²) in [4.78, 5) is 10.6. The molecule has 0 spiro atoms. The van der Waals surface area contributed by atoms with Gasteiger partial charge in [-0.2, -0.15) is 0 Å². The van der Waals surface area contributed by atoms with Crippen LogP contribution < -0.4 is 0 Å². The number of benzene rings is 2. The quantitative estimate of drug-likeness (QED) is 0.219. The lowest BCUT2D eigenvalue weighted by Gasteiger charge is -2.25. The lowest BCUT2D eigenvalue weighted by Crippen LogP contribution is -2.26. The Morgan fingerprint density at radius 1 is 1.06 bits per heavy atom. The van der Waals surface area contributed by atoms with Crippen molar-refractivity contribution in [3.8, 4) is 11.4 Å². The molecular formula is C29H36Cl2N4. The Morgan fingerprint density at radius 2 is 1.83 bits per heavy atom. The van der Waals surface area contributed by atoms with Crippen LogP contribution in [0.1, 0.15) is 56.9 Å². The molecule has 0 atom stereocenters. The Labute approximate surface area is 219 Å². The van der Waals surface area contributed by atoms with E-state index >= 15 is 0 Å². The second-order valence-corrected chi connectivity index (χ2v) is 10.7. The molecule has 0 amide bonds. The summed E-state index contributed by atoms with van der Waals surface area (Å²) < 4.78 is 2.34. The Bertz CT molecular complexity index is 1250. The number of halogens is 2. The van der Waals surface area contributed by atoms with Crippen LogP contribution in [0.3, 0.4) is 0 Å². The summed E-state index contributed by atoms with van der Waals surface area (Å²) in [6, 6.07) is 15.1. The summed E-state index contributed by atoms with van der Waals surface area (Å²) >= 11 is 13.2. The number of rotatable bonds is 11. The summed E-state index contributed by atoms with van der Waals surface area (Å²) in [5.41, 5.74) is 5.76. The van der Waals surface area contributed by atoms with Crippen molar-refractivity contribution >= 4 is 34.1 Å². The maximum atomic E-state index is 6.82. The van der Waals surface area contributed by atoms with E-state index in [9.17, 15) is 0 Å². The van der Waals surface area contributed by atoms with Crippen LogP contribution in [-0.4, -0.2) is 26.0 Å². The number of aryl methyl sites for hydroxylation is 1. The van der Waals surface area contributed by atoms with Crippen molar-refractivity contribution in [2.45, 2.75) is 66.6 Å². The molecular weight excluding hydrogens is 475 g/mol. The minimum atomic E-state index is 0.607. The summed E-state index contributed by atoms with van der Waals surface area (Å²) in [5, 5.41) is 2.44. The van der Waals surface area contributed by atoms with Crippen LogP contribution in [0.5, 0.6) is 0 Å². The van der Waals surface area contributed by atoms with E-state index in [2.05, 4.69) is 84.6 Å². The third kappa shape index (κ3) is 6.30. The first-order valence-corrected chi connectivity index (χ1v) is 13.4. The molecule has 1 N–H and O–H groups in total. The Kier molecular flexibility index (Phi) is 8.59. The van der Waals surface area contributed by atoms with Gasteiger partial charge in [0.2, 0.25) is 0 Å². The predicted octanol–water partition coefficient (Wildman–Crippen LogP) is 8.50. The number of imidazole rings is 1. The van der Waals surface area contributed by atoms with Crippen LogP contribution in [-0.2, 0) is 19.6 Å². The third-order valence-corrected chi connectivity index (χ3v) is 7.18. The largest absolute Gasteiger partial charge is 0.360 e. The van der Waals surface area contributed by atoms with Gasteiger partial charge in [-0.05, 0) is 49.9 Å². The van der Waals surface area contributed by atoms with E-state index in [0.29, 0.717) is 11.1 Å². The van der Waals surface area contributed by atoms with Crippen LogP contribution in [0.25, 0.3) is 22.3 Å². The standard InChI is InChI=1S/C29H36Cl2N4/c1-5-6-14-35-27(28(31)33-29(35)23-10-7-21(4)8-11-23)19-34(15-13-20(2)3)18-22-9-12-26-24(16-22)25(30)17-32-26/h7-12,16-17,20,32H,5-6,13-15,18-19H2,1-4H3. The summed E-state index contributed by atoms with van der Waals surface area (Å²) in [6.45, 7) is 12.4. The number of unbranched alkanes of at least 4 members (excludes halogenated alkanes) is 1. The molecule has 0 aliphatic rings. The van der Waals surface area contributed by atoms with E-state index in [1.807, 2.05) is 6.20 Å². The topological polar surface area (TPSA) is 36.9 Å². The van der Waals surface area contributed by atoms with E-state index < -0.39 is 0 Å². The van der Waals surface area contributed by atoms with E-state index in [1.54, 1.807) is 0 Å². The summed E-state index contributed by atoms with van der Waals surface area (Å²) in [5.74, 6) is 1.59. The van der Waals surface area contributed by atoms with Gasteiger partial charge in [-0.25, -0.2) is 4.98 Å². The normalized spacial score (nSPS) is 11.9. The molecule has 0 bridgehead atoms. The molecule has 2 aromatic heterocycles. The van der Waals surface area contributed by atoms with Gasteiger partial charge < -0.3 is 9.55 Å². The average molecular weight is 512 g/mol. The fraction of sp³-hybridized carbons (Fsp3) is 0.414. The van der Waals surface area contributed by atoms with E-state index in [4.69, 9.17) is 28.2 Å². The molecule has 0 saturated carbocycles. The van der Waals surface area contributed by atoms with Crippen molar-refractivity contribution in [1.29, 1.82) is 0 Å². The number of hydrogen-bond acceptors (Lipinski definition) is 2. The van der Waals surface area contributed by atoms with Crippen LogP contribution in [0.2, 0.25) is 10.2 Å². The van der Waals surface area contributed by atoms with Gasteiger partial charge in [-0.1, -0.05) is 86.3 Å². The molecule has 0 radical (unpaired) electrons. The van der Waals surface area contributed by atoms with Gasteiger partial charge in [-0.3, -0.25) is 4.90 Å². The van der Waals surface area contributed by atoms with Gasteiger partial charge in [0, 0.05) is 42.3 Å². The van der Waals surface area contributed by atoms with Gasteiger partial charge in [0.15, 0.2) is 5.15 Å². The predicted molar refractivity (Wildman–Crippen MR) is 149 cm³/mol. The SMILES string of the molecule is CCCCn1c(-c2ccc(C)cc2)nc(Cl)c1CN(CCC(C)C)Cc1ccc2[nH]cc(Cl)c2c1. The van der Waals surface area contributed by atoms with Gasteiger partial charge in [-0.15, -0.1) is 0 Å². The smallest absolute Gasteiger partial charge is 0.152 e. The van der Waals surface area contributed by atoms with E-state index in [1.165, 1.54) is 11.1 Å². The Morgan fingerprint density at radius 3 is 2.54 bits per heavy atom. The maximum absolute atomic E-state index is 6.82. The highest BCUT2D eigenvalue weighted by Crippen LogP contribution is 2.29. The minimum absolute atomic E-state index is 0.607. The lowest BCUT2D eigenvalue weighted by atomic mass is 10.1. The van der Waals surface area contributed by atoms with Crippen LogP contribution in [0.4, 0.5) is 0 Å². The fourth-order valence-electron chi connectivity index (χ4n) is 4.44. The molecule has 4 rings (SSSR count). The highest BCUT2D eigenvalue weighted by Gasteiger charge is 2.20. The Balaban J connectivity index is 1.66. The van der Waals surface area contributed by atoms with E-state index in [-0.39, 0.29) is 0 Å². The first kappa shape index (κ1) is 25.8. The van der Waals surface area contributed by atoms with Crippen molar-refractivity contribution in [2.75, 3.05) is 6.54 Å². The van der Waals surface area contributed by atoms with Crippen LogP contribution in [0.15, 0.2) is 48.7 Å². The molecule has 2 heterocycles. The zero-order valence-corrected chi connectivity index (χ0v) is 22.8. The summed E-state index contributed by atoms with van der Waals surface area (Å²) in [6.07, 6.45) is 5.19. The molecule has 35 heavy (non-hydrogen) atoms. The fourth-order valence-corrected chi connectivity index (χ4v) is 4.90. The number of aromatic amines is 1. The number of fused-ring (bicyclic) bond motifs is 1. The molecule has 0 fully saturated rings. The Hall–Kier alpha value is -2.27. The first-order valence-electron chi connectivity index (χ1n) is 12.7. The molecule has 0 aliphatic heterocycles. The first-order chi connectivity index (χ1) is 16.9. The number of nitrogens with one attached hydrogen (secondary N) is 1. The van der Waals surface area contributed by atoms with Gasteiger partial charge >= 0.3 is 0 Å². The molecule has 6 heteroatoms. The van der Waals surface area contributed by atoms with Crippen LogP contribution in [0, 0.1) is 12.8 Å². The highest BCUT2D eigenvalue weighted by atomic mass is 35.5. The van der Waals surface area contributed by atoms with Gasteiger partial charge in [0.25, 0.3) is 0 Å². The van der Waals surface area contributed by atoms with Gasteiger partial charge in [0.1, 0.15) is 5.82 Å². The number of aromatic nitrogens is 3. The van der Waals surface area contributed by atoms with Crippen LogP contribution >= 0.6 is 23.2 Å². The molecule has 4 aromatic rings. The molecule has 0 unspecified atom stereocenters. The van der Waals surface area contributed by atoms with Crippen molar-refractivity contribution in [3.05, 3.63) is 75.7 Å². The van der Waals surface area contributed by atoms with E-state index in [0.717, 1.165) is 78.4 Å². The van der Waals surface area contributed by atoms with Crippen molar-refractivity contribution in [3.63, 3.8) is 0 Å². The second kappa shape index (κ2) is 11.6. The molecule has 186 valence electrons. The molecule has 2 aromatic carbocycles. The number of hydrogen-bond donors (Lipinski definition) is 1. The zero-order chi connectivity index (χ0) is 24.9. The van der Waals surface area contributed by atoms with Crippen molar-refractivity contribution < 1.29 is 0 Å². The van der Waals surface area contributed by atoms with Crippen molar-refractivity contribution in [1.82, 2.24) is 19.4 Å². The number of H-pyrrole nitrogens is 1. The molecule has 0 aliphatic carbocycles. The monoisotopic (exact) mass is 510 g/mol.